The van der Waals surface area contributed by atoms with Gasteiger partial charge in [0.1, 0.15) is 11.3 Å². The molecule has 4 heteroatoms. The first-order valence-electron chi connectivity index (χ1n) is 9.62. The second-order valence-electron chi connectivity index (χ2n) is 7.18. The summed E-state index contributed by atoms with van der Waals surface area (Å²) in [5, 5.41) is 2.57. The fourth-order valence-corrected chi connectivity index (χ4v) is 5.19. The summed E-state index contributed by atoms with van der Waals surface area (Å²) in [6.07, 6.45) is 0. The number of rotatable bonds is 2. The van der Waals surface area contributed by atoms with Gasteiger partial charge in [0.15, 0.2) is 5.65 Å². The predicted octanol–water partition coefficient (Wildman–Crippen LogP) is 6.76. The molecule has 138 valence electrons. The van der Waals surface area contributed by atoms with Gasteiger partial charge in [-0.3, -0.25) is 4.57 Å². The topological polar surface area (TPSA) is 30.7 Å². The Labute approximate surface area is 171 Å². The molecule has 3 heterocycles. The van der Waals surface area contributed by atoms with Crippen LogP contribution in [0.25, 0.3) is 48.4 Å². The number of nitrogens with zero attached hydrogens (tertiary/aromatic N) is 3. The molecular formula is C25H17N3S. The van der Waals surface area contributed by atoms with E-state index in [1.807, 2.05) is 30.4 Å². The van der Waals surface area contributed by atoms with Crippen LogP contribution >= 0.6 is 11.3 Å². The van der Waals surface area contributed by atoms with Crippen LogP contribution in [0.3, 0.4) is 0 Å². The van der Waals surface area contributed by atoms with Crippen LogP contribution in [0, 0.1) is 6.92 Å². The zero-order valence-corrected chi connectivity index (χ0v) is 16.6. The number of pyridine rings is 1. The lowest BCUT2D eigenvalue weighted by Gasteiger charge is -2.10. The van der Waals surface area contributed by atoms with Crippen LogP contribution in [0.5, 0.6) is 0 Å². The minimum Gasteiger partial charge on any atom is -0.277 e. The summed E-state index contributed by atoms with van der Waals surface area (Å²) < 4.78 is 4.74. The molecule has 6 rings (SSSR count). The van der Waals surface area contributed by atoms with Gasteiger partial charge in [-0.05, 0) is 43.3 Å². The summed E-state index contributed by atoms with van der Waals surface area (Å²) in [6.45, 7) is 2.02. The first-order valence-corrected chi connectivity index (χ1v) is 10.4. The highest BCUT2D eigenvalue weighted by atomic mass is 32.1. The molecule has 0 aliphatic heterocycles. The Morgan fingerprint density at radius 3 is 2.41 bits per heavy atom. The number of imidazole rings is 1. The lowest BCUT2D eigenvalue weighted by molar-refractivity contribution is 1.07. The predicted molar refractivity (Wildman–Crippen MR) is 122 cm³/mol. The van der Waals surface area contributed by atoms with Crippen LogP contribution in [-0.4, -0.2) is 14.5 Å². The average Bonchev–Trinajstić information content (AvgIpc) is 3.32. The Balaban J connectivity index is 1.75. The van der Waals surface area contributed by atoms with Gasteiger partial charge in [0, 0.05) is 37.1 Å². The Hall–Kier alpha value is -3.50. The normalized spacial score (nSPS) is 11.6. The maximum absolute atomic E-state index is 5.03. The molecule has 0 radical (unpaired) electrons. The highest BCUT2D eigenvalue weighted by Gasteiger charge is 2.19. The van der Waals surface area contributed by atoms with Gasteiger partial charge in [-0.15, -0.1) is 11.3 Å². The molecule has 0 aliphatic rings. The van der Waals surface area contributed by atoms with Crippen molar-refractivity contribution in [2.45, 2.75) is 6.92 Å². The standard InChI is InChI=1S/C25H17N3S/c1-16-14-15-21-25(26-16)28(17-8-3-2-4-9-17)24(27-21)20-12-7-11-19-18-10-5-6-13-22(18)29-23(19)20/h2-15H,1H3. The van der Waals surface area contributed by atoms with Crippen LogP contribution < -0.4 is 0 Å². The number of thiophene rings is 1. The highest BCUT2D eigenvalue weighted by Crippen LogP contribution is 2.40. The van der Waals surface area contributed by atoms with Gasteiger partial charge in [0.05, 0.1) is 0 Å². The third kappa shape index (κ3) is 2.50. The molecule has 0 unspecified atom stereocenters. The first-order chi connectivity index (χ1) is 14.3. The van der Waals surface area contributed by atoms with Crippen molar-refractivity contribution in [3.05, 3.63) is 90.6 Å². The summed E-state index contributed by atoms with van der Waals surface area (Å²) in [7, 11) is 0. The molecular weight excluding hydrogens is 374 g/mol. The molecule has 3 nitrogen and oxygen atoms in total. The first kappa shape index (κ1) is 16.5. The Kier molecular flexibility index (Phi) is 3.55. The van der Waals surface area contributed by atoms with Gasteiger partial charge in [-0.25, -0.2) is 9.97 Å². The fraction of sp³-hybridized carbons (Fsp3) is 0.0400. The van der Waals surface area contributed by atoms with Crippen molar-refractivity contribution in [2.75, 3.05) is 0 Å². The molecule has 0 amide bonds. The molecule has 0 N–H and O–H groups in total. The zero-order valence-electron chi connectivity index (χ0n) is 15.8. The Bertz CT molecular complexity index is 1510. The maximum Gasteiger partial charge on any atom is 0.165 e. The fourth-order valence-electron chi connectivity index (χ4n) is 3.98. The number of para-hydroxylation sites is 1. The van der Waals surface area contributed by atoms with E-state index in [0.717, 1.165) is 33.9 Å². The van der Waals surface area contributed by atoms with Crippen LogP contribution in [0.2, 0.25) is 0 Å². The minimum atomic E-state index is 0.893. The summed E-state index contributed by atoms with van der Waals surface area (Å²) >= 11 is 1.83. The van der Waals surface area contributed by atoms with E-state index < -0.39 is 0 Å². The van der Waals surface area contributed by atoms with E-state index in [0.29, 0.717) is 0 Å². The third-order valence-electron chi connectivity index (χ3n) is 5.30. The molecule has 0 saturated heterocycles. The molecule has 0 atom stereocenters. The number of hydrogen-bond acceptors (Lipinski definition) is 3. The molecule has 3 aromatic carbocycles. The van der Waals surface area contributed by atoms with Gasteiger partial charge < -0.3 is 0 Å². The molecule has 0 saturated carbocycles. The van der Waals surface area contributed by atoms with Gasteiger partial charge >= 0.3 is 0 Å². The highest BCUT2D eigenvalue weighted by molar-refractivity contribution is 7.26. The SMILES string of the molecule is Cc1ccc2nc(-c3cccc4c3sc3ccccc34)n(-c3ccccc3)c2n1. The summed E-state index contributed by atoms with van der Waals surface area (Å²) in [6, 6.07) is 29.5. The van der Waals surface area contributed by atoms with Crippen molar-refractivity contribution in [1.29, 1.82) is 0 Å². The zero-order chi connectivity index (χ0) is 19.4. The van der Waals surface area contributed by atoms with Crippen LogP contribution in [0.4, 0.5) is 0 Å². The third-order valence-corrected chi connectivity index (χ3v) is 6.52. The molecule has 6 aromatic rings. The van der Waals surface area contributed by atoms with E-state index in [1.54, 1.807) is 0 Å². The van der Waals surface area contributed by atoms with Gasteiger partial charge in [-0.2, -0.15) is 0 Å². The maximum atomic E-state index is 5.03. The van der Waals surface area contributed by atoms with Gasteiger partial charge in [0.2, 0.25) is 0 Å². The Morgan fingerprint density at radius 2 is 1.52 bits per heavy atom. The number of benzene rings is 3. The summed E-state index contributed by atoms with van der Waals surface area (Å²) in [4.78, 5) is 9.85. The monoisotopic (exact) mass is 391 g/mol. The van der Waals surface area contributed by atoms with E-state index in [2.05, 4.69) is 77.4 Å². The van der Waals surface area contributed by atoms with Crippen LogP contribution in [-0.2, 0) is 0 Å². The molecule has 0 fully saturated rings. The lowest BCUT2D eigenvalue weighted by atomic mass is 10.1. The molecule has 29 heavy (non-hydrogen) atoms. The Morgan fingerprint density at radius 1 is 0.724 bits per heavy atom. The molecule has 0 spiro atoms. The lowest BCUT2D eigenvalue weighted by Crippen LogP contribution is -1.99. The van der Waals surface area contributed by atoms with Crippen molar-refractivity contribution in [1.82, 2.24) is 14.5 Å². The van der Waals surface area contributed by atoms with Crippen molar-refractivity contribution in [3.8, 4) is 17.1 Å². The van der Waals surface area contributed by atoms with E-state index >= 15 is 0 Å². The van der Waals surface area contributed by atoms with Crippen molar-refractivity contribution in [2.24, 2.45) is 0 Å². The van der Waals surface area contributed by atoms with Crippen LogP contribution in [0.15, 0.2) is 84.9 Å². The number of aromatic nitrogens is 3. The smallest absolute Gasteiger partial charge is 0.165 e. The quantitative estimate of drug-likeness (QED) is 0.326. The van der Waals surface area contributed by atoms with Gasteiger partial charge in [-0.1, -0.05) is 48.5 Å². The van der Waals surface area contributed by atoms with Crippen molar-refractivity contribution >= 4 is 42.7 Å². The number of hydrogen-bond donors (Lipinski definition) is 0. The van der Waals surface area contributed by atoms with Crippen molar-refractivity contribution < 1.29 is 0 Å². The average molecular weight is 391 g/mol. The molecule has 3 aromatic heterocycles. The van der Waals surface area contributed by atoms with E-state index in [-0.39, 0.29) is 0 Å². The minimum absolute atomic E-state index is 0.893. The molecule has 0 bridgehead atoms. The summed E-state index contributed by atoms with van der Waals surface area (Å²) in [5.41, 5.74) is 5.00. The van der Waals surface area contributed by atoms with Crippen molar-refractivity contribution in [3.63, 3.8) is 0 Å². The molecule has 0 aliphatic carbocycles. The van der Waals surface area contributed by atoms with Gasteiger partial charge in [0.25, 0.3) is 0 Å². The largest absolute Gasteiger partial charge is 0.277 e. The number of fused-ring (bicyclic) bond motifs is 4. The summed E-state index contributed by atoms with van der Waals surface area (Å²) in [5.74, 6) is 0.932. The van der Waals surface area contributed by atoms with E-state index in [4.69, 9.17) is 9.97 Å². The second-order valence-corrected chi connectivity index (χ2v) is 8.23. The number of aryl methyl sites for hydroxylation is 1. The second kappa shape index (κ2) is 6.26. The van der Waals surface area contributed by atoms with E-state index in [1.165, 1.54) is 20.2 Å². The van der Waals surface area contributed by atoms with Crippen LogP contribution in [0.1, 0.15) is 5.69 Å². The van der Waals surface area contributed by atoms with E-state index in [9.17, 15) is 0 Å².